The van der Waals surface area contributed by atoms with Crippen molar-refractivity contribution in [3.05, 3.63) is 77.9 Å². The molecule has 0 aliphatic carbocycles. The summed E-state index contributed by atoms with van der Waals surface area (Å²) in [6.45, 7) is 12.0. The molecule has 0 aliphatic rings. The molecule has 33 heavy (non-hydrogen) atoms. The van der Waals surface area contributed by atoms with Gasteiger partial charge in [0.25, 0.3) is 5.91 Å². The van der Waals surface area contributed by atoms with Crippen LogP contribution < -0.4 is 10.1 Å². The monoisotopic (exact) mass is 442 g/mol. The molecule has 170 valence electrons. The molecule has 4 aromatic rings. The molecule has 1 aromatic heterocycles. The SMILES string of the molecule is Cc1ccc(-c2nc3ccccc3o2)cc1NC(=O)C(C)(C)Oc1ccc(C(C)(C)C)cc1. The van der Waals surface area contributed by atoms with E-state index in [1.807, 2.05) is 73.7 Å². The van der Waals surface area contributed by atoms with E-state index in [1.165, 1.54) is 5.56 Å². The lowest BCUT2D eigenvalue weighted by molar-refractivity contribution is -0.128. The first-order valence-corrected chi connectivity index (χ1v) is 11.1. The Hall–Kier alpha value is -3.60. The van der Waals surface area contributed by atoms with Gasteiger partial charge < -0.3 is 14.5 Å². The van der Waals surface area contributed by atoms with Crippen molar-refractivity contribution in [1.82, 2.24) is 4.98 Å². The number of anilines is 1. The van der Waals surface area contributed by atoms with Gasteiger partial charge in [-0.3, -0.25) is 4.79 Å². The molecule has 1 N–H and O–H groups in total. The molecule has 1 amide bonds. The quantitative estimate of drug-likeness (QED) is 0.365. The number of oxazole rings is 1. The third-order valence-corrected chi connectivity index (χ3v) is 5.67. The highest BCUT2D eigenvalue weighted by Gasteiger charge is 2.30. The van der Waals surface area contributed by atoms with E-state index in [9.17, 15) is 4.79 Å². The van der Waals surface area contributed by atoms with Crippen molar-refractivity contribution >= 4 is 22.7 Å². The average molecular weight is 443 g/mol. The molecule has 0 saturated heterocycles. The van der Waals surface area contributed by atoms with E-state index in [1.54, 1.807) is 13.8 Å². The van der Waals surface area contributed by atoms with Crippen molar-refractivity contribution in [2.24, 2.45) is 0 Å². The van der Waals surface area contributed by atoms with Crippen molar-refractivity contribution in [3.8, 4) is 17.2 Å². The number of ether oxygens (including phenoxy) is 1. The Kier molecular flexibility index (Phi) is 5.75. The number of nitrogens with zero attached hydrogens (tertiary/aromatic N) is 1. The molecule has 4 rings (SSSR count). The summed E-state index contributed by atoms with van der Waals surface area (Å²) in [4.78, 5) is 17.7. The van der Waals surface area contributed by atoms with Gasteiger partial charge in [0.2, 0.25) is 5.89 Å². The van der Waals surface area contributed by atoms with E-state index in [-0.39, 0.29) is 11.3 Å². The number of fused-ring (bicyclic) bond motifs is 1. The molecule has 0 radical (unpaired) electrons. The maximum atomic E-state index is 13.1. The molecular weight excluding hydrogens is 412 g/mol. The summed E-state index contributed by atoms with van der Waals surface area (Å²) in [5.74, 6) is 0.932. The number of rotatable bonds is 5. The summed E-state index contributed by atoms with van der Waals surface area (Å²) in [6.07, 6.45) is 0. The van der Waals surface area contributed by atoms with Crippen LogP contribution >= 0.6 is 0 Å². The summed E-state index contributed by atoms with van der Waals surface area (Å²) in [5, 5.41) is 3.02. The van der Waals surface area contributed by atoms with Gasteiger partial charge in [0, 0.05) is 11.3 Å². The Morgan fingerprint density at radius 3 is 2.30 bits per heavy atom. The number of aromatic nitrogens is 1. The van der Waals surface area contributed by atoms with Gasteiger partial charge in [0.1, 0.15) is 11.3 Å². The van der Waals surface area contributed by atoms with Crippen LogP contribution in [0, 0.1) is 6.92 Å². The van der Waals surface area contributed by atoms with Crippen molar-refractivity contribution < 1.29 is 13.9 Å². The number of carbonyl (C=O) groups is 1. The van der Waals surface area contributed by atoms with E-state index >= 15 is 0 Å². The minimum absolute atomic E-state index is 0.0582. The van der Waals surface area contributed by atoms with Crippen LogP contribution in [0.25, 0.3) is 22.6 Å². The molecule has 0 atom stereocenters. The van der Waals surface area contributed by atoms with Gasteiger partial charge in [-0.1, -0.05) is 51.1 Å². The number of hydrogen-bond acceptors (Lipinski definition) is 4. The molecule has 1 heterocycles. The van der Waals surface area contributed by atoms with Crippen molar-refractivity contribution in [2.75, 3.05) is 5.32 Å². The zero-order chi connectivity index (χ0) is 23.8. The molecule has 3 aromatic carbocycles. The second-order valence-corrected chi connectivity index (χ2v) is 9.86. The van der Waals surface area contributed by atoms with E-state index in [2.05, 4.69) is 31.1 Å². The first kappa shape index (κ1) is 22.6. The predicted octanol–water partition coefficient (Wildman–Crippen LogP) is 6.90. The van der Waals surface area contributed by atoms with Crippen LogP contribution in [-0.2, 0) is 10.2 Å². The van der Waals surface area contributed by atoms with Gasteiger partial charge in [-0.05, 0) is 73.7 Å². The second-order valence-electron chi connectivity index (χ2n) is 9.86. The molecule has 0 bridgehead atoms. The lowest BCUT2D eigenvalue weighted by Crippen LogP contribution is -2.42. The zero-order valence-corrected chi connectivity index (χ0v) is 20.0. The van der Waals surface area contributed by atoms with Gasteiger partial charge >= 0.3 is 0 Å². The highest BCUT2D eigenvalue weighted by Crippen LogP contribution is 2.30. The topological polar surface area (TPSA) is 64.4 Å². The molecule has 0 unspecified atom stereocenters. The third-order valence-electron chi connectivity index (χ3n) is 5.67. The highest BCUT2D eigenvalue weighted by molar-refractivity contribution is 5.98. The Morgan fingerprint density at radius 1 is 0.939 bits per heavy atom. The summed E-state index contributed by atoms with van der Waals surface area (Å²) < 4.78 is 11.9. The smallest absolute Gasteiger partial charge is 0.267 e. The van der Waals surface area contributed by atoms with Gasteiger partial charge in [-0.25, -0.2) is 4.98 Å². The Labute approximate surface area is 194 Å². The van der Waals surface area contributed by atoms with E-state index in [4.69, 9.17) is 9.15 Å². The molecule has 5 heteroatoms. The zero-order valence-electron chi connectivity index (χ0n) is 20.0. The summed E-state index contributed by atoms with van der Waals surface area (Å²) in [7, 11) is 0. The number of nitrogens with one attached hydrogen (secondary N) is 1. The fraction of sp³-hybridized carbons (Fsp3) is 0.286. The van der Waals surface area contributed by atoms with Gasteiger partial charge in [-0.2, -0.15) is 0 Å². The van der Waals surface area contributed by atoms with E-state index in [0.29, 0.717) is 17.3 Å². The fourth-order valence-electron chi connectivity index (χ4n) is 3.52. The predicted molar refractivity (Wildman–Crippen MR) is 133 cm³/mol. The summed E-state index contributed by atoms with van der Waals surface area (Å²) >= 11 is 0. The minimum atomic E-state index is -1.07. The van der Waals surface area contributed by atoms with Crippen molar-refractivity contribution in [1.29, 1.82) is 0 Å². The minimum Gasteiger partial charge on any atom is -0.478 e. The van der Waals surface area contributed by atoms with Crippen LogP contribution in [0.4, 0.5) is 5.69 Å². The van der Waals surface area contributed by atoms with Crippen LogP contribution in [0.15, 0.2) is 71.1 Å². The number of benzene rings is 3. The van der Waals surface area contributed by atoms with Crippen molar-refractivity contribution in [3.63, 3.8) is 0 Å². The lowest BCUT2D eigenvalue weighted by Gasteiger charge is -2.26. The van der Waals surface area contributed by atoms with Crippen LogP contribution in [0.3, 0.4) is 0 Å². The Morgan fingerprint density at radius 2 is 1.64 bits per heavy atom. The van der Waals surface area contributed by atoms with E-state index in [0.717, 1.165) is 22.2 Å². The molecule has 5 nitrogen and oxygen atoms in total. The first-order chi connectivity index (χ1) is 15.5. The van der Waals surface area contributed by atoms with Crippen LogP contribution in [-0.4, -0.2) is 16.5 Å². The number of carbonyl (C=O) groups excluding carboxylic acids is 1. The largest absolute Gasteiger partial charge is 0.478 e. The Balaban J connectivity index is 1.52. The molecule has 0 fully saturated rings. The number of aryl methyl sites for hydroxylation is 1. The van der Waals surface area contributed by atoms with Crippen LogP contribution in [0.1, 0.15) is 45.7 Å². The Bertz CT molecular complexity index is 1260. The maximum Gasteiger partial charge on any atom is 0.267 e. The maximum absolute atomic E-state index is 13.1. The molecule has 0 spiro atoms. The van der Waals surface area contributed by atoms with Gasteiger partial charge in [0.15, 0.2) is 11.2 Å². The van der Waals surface area contributed by atoms with E-state index < -0.39 is 5.60 Å². The van der Waals surface area contributed by atoms with Gasteiger partial charge in [0.05, 0.1) is 0 Å². The molecule has 0 aliphatic heterocycles. The van der Waals surface area contributed by atoms with Gasteiger partial charge in [-0.15, -0.1) is 0 Å². The molecule has 0 saturated carbocycles. The van der Waals surface area contributed by atoms with Crippen molar-refractivity contribution in [2.45, 2.75) is 52.6 Å². The highest BCUT2D eigenvalue weighted by atomic mass is 16.5. The first-order valence-electron chi connectivity index (χ1n) is 11.1. The normalized spacial score (nSPS) is 12.1. The summed E-state index contributed by atoms with van der Waals surface area (Å²) in [6, 6.07) is 21.3. The number of para-hydroxylation sites is 2. The number of amides is 1. The standard InChI is InChI=1S/C28H30N2O3/c1-18-11-12-19(25-29-22-9-7-8-10-24(22)32-25)17-23(18)30-26(31)28(5,6)33-21-15-13-20(14-16-21)27(2,3)4/h7-17H,1-6H3,(H,30,31). The van der Waals surface area contributed by atoms with Crippen LogP contribution in [0.5, 0.6) is 5.75 Å². The molecular formula is C28H30N2O3. The average Bonchev–Trinajstić information content (AvgIpc) is 3.19. The fourth-order valence-corrected chi connectivity index (χ4v) is 3.52. The summed E-state index contributed by atoms with van der Waals surface area (Å²) in [5.41, 5.74) is 4.16. The number of hydrogen-bond donors (Lipinski definition) is 1. The van der Waals surface area contributed by atoms with Crippen LogP contribution in [0.2, 0.25) is 0 Å². The lowest BCUT2D eigenvalue weighted by atomic mass is 9.87. The third kappa shape index (κ3) is 4.92. The second kappa shape index (κ2) is 8.39.